The smallest absolute Gasteiger partial charge is 0.319 e. The van der Waals surface area contributed by atoms with Crippen molar-refractivity contribution >= 4 is 27.6 Å². The molecule has 124 valence electrons. The van der Waals surface area contributed by atoms with Gasteiger partial charge in [-0.3, -0.25) is 4.72 Å². The minimum Gasteiger partial charge on any atom is -0.336 e. The highest BCUT2D eigenvalue weighted by Crippen LogP contribution is 2.16. The van der Waals surface area contributed by atoms with Crippen LogP contribution in [0.3, 0.4) is 0 Å². The van der Waals surface area contributed by atoms with Gasteiger partial charge in [0, 0.05) is 30.5 Å². The third kappa shape index (κ3) is 5.53. The second-order valence-corrected chi connectivity index (χ2v) is 6.69. The molecule has 2 amide bonds. The fourth-order valence-corrected chi connectivity index (χ4v) is 3.07. The lowest BCUT2D eigenvalue weighted by atomic mass is 10.3. The lowest BCUT2D eigenvalue weighted by Gasteiger charge is -2.19. The molecule has 0 fully saturated rings. The van der Waals surface area contributed by atoms with Gasteiger partial charge in [0.15, 0.2) is 0 Å². The van der Waals surface area contributed by atoms with Gasteiger partial charge >= 0.3 is 16.2 Å². The monoisotopic (exact) mass is 328 g/mol. The fourth-order valence-electron chi connectivity index (χ4n) is 1.83. The lowest BCUT2D eigenvalue weighted by molar-refractivity contribution is 0.250. The molecule has 8 heteroatoms. The molecule has 0 spiro atoms. The molecule has 0 heterocycles. The summed E-state index contributed by atoms with van der Waals surface area (Å²) in [5.74, 6) is 0. The largest absolute Gasteiger partial charge is 0.336 e. The van der Waals surface area contributed by atoms with Gasteiger partial charge in [-0.15, -0.1) is 0 Å². The second-order valence-electron chi connectivity index (χ2n) is 5.02. The number of hydrogen-bond donors (Lipinski definition) is 3. The van der Waals surface area contributed by atoms with Crippen LogP contribution in [0.4, 0.5) is 16.2 Å². The predicted molar refractivity (Wildman–Crippen MR) is 89.2 cm³/mol. The summed E-state index contributed by atoms with van der Waals surface area (Å²) in [6.45, 7) is 8.10. The molecule has 1 aromatic rings. The predicted octanol–water partition coefficient (Wildman–Crippen LogP) is 2.21. The summed E-state index contributed by atoms with van der Waals surface area (Å²) in [4.78, 5) is 11.6. The van der Waals surface area contributed by atoms with E-state index in [-0.39, 0.29) is 12.1 Å². The van der Waals surface area contributed by atoms with Crippen LogP contribution in [0.25, 0.3) is 0 Å². The Bertz CT molecular complexity index is 581. The Balaban J connectivity index is 2.71. The van der Waals surface area contributed by atoms with Gasteiger partial charge in [0.25, 0.3) is 0 Å². The first-order valence-corrected chi connectivity index (χ1v) is 8.68. The highest BCUT2D eigenvalue weighted by Gasteiger charge is 2.18. The maximum atomic E-state index is 12.1. The van der Waals surface area contributed by atoms with Gasteiger partial charge in [0.2, 0.25) is 0 Å². The van der Waals surface area contributed by atoms with Crippen molar-refractivity contribution < 1.29 is 13.2 Å². The van der Waals surface area contributed by atoms with Gasteiger partial charge < -0.3 is 10.6 Å². The molecule has 1 aromatic carbocycles. The highest BCUT2D eigenvalue weighted by atomic mass is 32.2. The van der Waals surface area contributed by atoms with E-state index in [1.54, 1.807) is 38.1 Å². The van der Waals surface area contributed by atoms with Crippen molar-refractivity contribution in [3.05, 3.63) is 24.3 Å². The number of nitrogens with one attached hydrogen (secondary N) is 3. The molecule has 0 saturated heterocycles. The van der Waals surface area contributed by atoms with Crippen molar-refractivity contribution in [2.75, 3.05) is 23.1 Å². The Labute approximate surface area is 132 Å². The summed E-state index contributed by atoms with van der Waals surface area (Å²) in [5, 5.41) is 5.38. The Hall–Kier alpha value is -1.80. The van der Waals surface area contributed by atoms with Crippen LogP contribution in [0.15, 0.2) is 24.3 Å². The fraction of sp³-hybridized carbons (Fsp3) is 0.500. The van der Waals surface area contributed by atoms with Gasteiger partial charge in [-0.2, -0.15) is 12.7 Å². The maximum Gasteiger partial charge on any atom is 0.319 e. The minimum atomic E-state index is -3.54. The zero-order valence-electron chi connectivity index (χ0n) is 13.4. The Morgan fingerprint density at radius 3 is 2.05 bits per heavy atom. The quantitative estimate of drug-likeness (QED) is 0.717. The normalized spacial score (nSPS) is 11.5. The molecule has 22 heavy (non-hydrogen) atoms. The molecule has 0 unspecified atom stereocenters. The lowest BCUT2D eigenvalue weighted by Crippen LogP contribution is -2.35. The molecular weight excluding hydrogens is 304 g/mol. The molecular formula is C14H24N4O3S. The SMILES string of the molecule is CCN(CC)S(=O)(=O)Nc1ccc(NC(=O)NC(C)C)cc1. The van der Waals surface area contributed by atoms with Crippen molar-refractivity contribution in [2.24, 2.45) is 0 Å². The Kier molecular flexibility index (Phi) is 6.63. The third-order valence-electron chi connectivity index (χ3n) is 2.85. The number of benzene rings is 1. The number of carbonyl (C=O) groups is 1. The first-order chi connectivity index (χ1) is 10.3. The molecule has 0 bridgehead atoms. The van der Waals surface area contributed by atoms with Gasteiger partial charge in [0.1, 0.15) is 0 Å². The molecule has 7 nitrogen and oxygen atoms in total. The first-order valence-electron chi connectivity index (χ1n) is 7.24. The molecule has 0 atom stereocenters. The van der Waals surface area contributed by atoms with Crippen LogP contribution in [-0.2, 0) is 10.2 Å². The molecule has 0 saturated carbocycles. The summed E-state index contributed by atoms with van der Waals surface area (Å²) < 4.78 is 28.0. The summed E-state index contributed by atoms with van der Waals surface area (Å²) in [5.41, 5.74) is 1.03. The first kappa shape index (κ1) is 18.2. The zero-order chi connectivity index (χ0) is 16.8. The average Bonchev–Trinajstić information content (AvgIpc) is 2.40. The number of rotatable bonds is 7. The summed E-state index contributed by atoms with van der Waals surface area (Å²) in [7, 11) is -3.54. The van der Waals surface area contributed by atoms with E-state index in [9.17, 15) is 13.2 Å². The summed E-state index contributed by atoms with van der Waals surface area (Å²) >= 11 is 0. The Morgan fingerprint density at radius 1 is 1.09 bits per heavy atom. The van der Waals surface area contributed by atoms with Gasteiger partial charge in [0.05, 0.1) is 0 Å². The van der Waals surface area contributed by atoms with E-state index in [1.165, 1.54) is 4.31 Å². The number of hydrogen-bond acceptors (Lipinski definition) is 3. The average molecular weight is 328 g/mol. The van der Waals surface area contributed by atoms with E-state index in [0.717, 1.165) is 0 Å². The number of anilines is 2. The summed E-state index contributed by atoms with van der Waals surface area (Å²) in [6.07, 6.45) is 0. The van der Waals surface area contributed by atoms with Crippen molar-refractivity contribution in [3.8, 4) is 0 Å². The maximum absolute atomic E-state index is 12.1. The van der Waals surface area contributed by atoms with Gasteiger partial charge in [-0.25, -0.2) is 4.79 Å². The molecule has 0 aliphatic carbocycles. The van der Waals surface area contributed by atoms with Crippen LogP contribution in [-0.4, -0.2) is 37.9 Å². The molecule has 0 radical (unpaired) electrons. The molecule has 0 aliphatic rings. The van der Waals surface area contributed by atoms with E-state index < -0.39 is 10.2 Å². The topological polar surface area (TPSA) is 90.5 Å². The van der Waals surface area contributed by atoms with E-state index in [0.29, 0.717) is 24.5 Å². The molecule has 0 aromatic heterocycles. The number of carbonyl (C=O) groups excluding carboxylic acids is 1. The number of urea groups is 1. The van der Waals surface area contributed by atoms with Crippen LogP contribution in [0, 0.1) is 0 Å². The van der Waals surface area contributed by atoms with Crippen molar-refractivity contribution in [1.29, 1.82) is 0 Å². The minimum absolute atomic E-state index is 0.0418. The molecule has 1 rings (SSSR count). The van der Waals surface area contributed by atoms with Crippen molar-refractivity contribution in [1.82, 2.24) is 9.62 Å². The van der Waals surface area contributed by atoms with E-state index >= 15 is 0 Å². The second kappa shape index (κ2) is 8.00. The summed E-state index contributed by atoms with van der Waals surface area (Å²) in [6, 6.07) is 6.23. The van der Waals surface area contributed by atoms with Crippen molar-refractivity contribution in [2.45, 2.75) is 33.7 Å². The van der Waals surface area contributed by atoms with Crippen LogP contribution in [0.2, 0.25) is 0 Å². The van der Waals surface area contributed by atoms with E-state index in [4.69, 9.17) is 0 Å². The van der Waals surface area contributed by atoms with E-state index in [1.807, 2.05) is 13.8 Å². The van der Waals surface area contributed by atoms with Gasteiger partial charge in [-0.05, 0) is 38.1 Å². The Morgan fingerprint density at radius 2 is 1.59 bits per heavy atom. The third-order valence-corrected chi connectivity index (χ3v) is 4.54. The number of nitrogens with zero attached hydrogens (tertiary/aromatic N) is 1. The van der Waals surface area contributed by atoms with Crippen LogP contribution >= 0.6 is 0 Å². The standard InChI is InChI=1S/C14H24N4O3S/c1-5-18(6-2)22(20,21)17-13-9-7-12(8-10-13)16-14(19)15-11(3)4/h7-11,17H,5-6H2,1-4H3,(H2,15,16,19). The molecule has 3 N–H and O–H groups in total. The van der Waals surface area contributed by atoms with Crippen molar-refractivity contribution in [3.63, 3.8) is 0 Å². The van der Waals surface area contributed by atoms with E-state index in [2.05, 4.69) is 15.4 Å². The number of amides is 2. The zero-order valence-corrected chi connectivity index (χ0v) is 14.2. The van der Waals surface area contributed by atoms with Crippen LogP contribution in [0.1, 0.15) is 27.7 Å². The highest BCUT2D eigenvalue weighted by molar-refractivity contribution is 7.90. The van der Waals surface area contributed by atoms with Gasteiger partial charge in [-0.1, -0.05) is 13.8 Å². The molecule has 0 aliphatic heterocycles. The van der Waals surface area contributed by atoms with Crippen LogP contribution < -0.4 is 15.4 Å². The van der Waals surface area contributed by atoms with Crippen LogP contribution in [0.5, 0.6) is 0 Å².